The summed E-state index contributed by atoms with van der Waals surface area (Å²) in [6.07, 6.45) is 0. The van der Waals surface area contributed by atoms with E-state index in [-0.39, 0.29) is 5.57 Å². The van der Waals surface area contributed by atoms with Gasteiger partial charge in [0.1, 0.15) is 11.6 Å². The van der Waals surface area contributed by atoms with Crippen molar-refractivity contribution in [3.05, 3.63) is 46.7 Å². The zero-order valence-corrected chi connectivity index (χ0v) is 13.2. The Morgan fingerprint density at radius 2 is 1.70 bits per heavy atom. The van der Waals surface area contributed by atoms with E-state index in [1.54, 1.807) is 13.0 Å². The molecular formula is C16H18N4O3. The van der Waals surface area contributed by atoms with Gasteiger partial charge in [-0.15, -0.1) is 0 Å². The molecule has 1 rings (SSSR count). The standard InChI is InChI=1S/C16H18N4O3/c1-10-4-6-13(7-5-10)9-18-11(2)14(8-17)15(22)20-16(23)19-12(3)21/h4-7,18H,9H2,1-3H3,(H2,19,20,21,22,23)/b14-11-. The van der Waals surface area contributed by atoms with E-state index in [1.807, 2.05) is 41.8 Å². The van der Waals surface area contributed by atoms with Gasteiger partial charge in [-0.2, -0.15) is 5.26 Å². The van der Waals surface area contributed by atoms with Crippen molar-refractivity contribution >= 4 is 17.8 Å². The lowest BCUT2D eigenvalue weighted by atomic mass is 10.1. The van der Waals surface area contributed by atoms with E-state index < -0.39 is 17.8 Å². The number of rotatable bonds is 4. The highest BCUT2D eigenvalue weighted by molar-refractivity contribution is 6.09. The second kappa shape index (κ2) is 8.34. The molecule has 0 unspecified atom stereocenters. The van der Waals surface area contributed by atoms with Crippen LogP contribution in [0.2, 0.25) is 0 Å². The summed E-state index contributed by atoms with van der Waals surface area (Å²) in [4.78, 5) is 33.9. The van der Waals surface area contributed by atoms with Crippen molar-refractivity contribution in [3.8, 4) is 6.07 Å². The maximum Gasteiger partial charge on any atom is 0.328 e. The maximum atomic E-state index is 11.9. The number of nitriles is 1. The SMILES string of the molecule is CC(=O)NC(=O)NC(=O)/C(C#N)=C(/C)NCc1ccc(C)cc1. The minimum absolute atomic E-state index is 0.226. The highest BCUT2D eigenvalue weighted by Crippen LogP contribution is 2.05. The predicted molar refractivity (Wildman–Crippen MR) is 83.7 cm³/mol. The van der Waals surface area contributed by atoms with Crippen molar-refractivity contribution in [2.45, 2.75) is 27.3 Å². The lowest BCUT2D eigenvalue weighted by molar-refractivity contribution is -0.118. The lowest BCUT2D eigenvalue weighted by Gasteiger charge is -2.10. The van der Waals surface area contributed by atoms with E-state index in [1.165, 1.54) is 0 Å². The van der Waals surface area contributed by atoms with Crippen molar-refractivity contribution in [1.82, 2.24) is 16.0 Å². The van der Waals surface area contributed by atoms with E-state index in [0.29, 0.717) is 12.2 Å². The number of carbonyl (C=O) groups is 3. The van der Waals surface area contributed by atoms with Crippen molar-refractivity contribution in [3.63, 3.8) is 0 Å². The van der Waals surface area contributed by atoms with Gasteiger partial charge in [-0.05, 0) is 19.4 Å². The average molecular weight is 314 g/mol. The van der Waals surface area contributed by atoms with Gasteiger partial charge >= 0.3 is 6.03 Å². The number of nitrogens with one attached hydrogen (secondary N) is 3. The molecule has 7 heteroatoms. The minimum Gasteiger partial charge on any atom is -0.383 e. The highest BCUT2D eigenvalue weighted by atomic mass is 16.2. The Bertz CT molecular complexity index is 684. The molecule has 0 fully saturated rings. The third-order valence-corrected chi connectivity index (χ3v) is 2.91. The molecule has 23 heavy (non-hydrogen) atoms. The third-order valence-electron chi connectivity index (χ3n) is 2.91. The fraction of sp³-hybridized carbons (Fsp3) is 0.250. The second-order valence-corrected chi connectivity index (χ2v) is 4.92. The van der Waals surface area contributed by atoms with Crippen LogP contribution in [0.1, 0.15) is 25.0 Å². The molecule has 0 aliphatic heterocycles. The minimum atomic E-state index is -0.971. The summed E-state index contributed by atoms with van der Waals surface area (Å²) in [6, 6.07) is 8.56. The van der Waals surface area contributed by atoms with Gasteiger partial charge in [0.2, 0.25) is 5.91 Å². The number of hydrogen-bond donors (Lipinski definition) is 3. The van der Waals surface area contributed by atoms with Gasteiger partial charge in [-0.1, -0.05) is 29.8 Å². The van der Waals surface area contributed by atoms with Crippen LogP contribution in [0.4, 0.5) is 4.79 Å². The monoisotopic (exact) mass is 314 g/mol. The van der Waals surface area contributed by atoms with Crippen LogP contribution in [-0.2, 0) is 16.1 Å². The van der Waals surface area contributed by atoms with E-state index in [4.69, 9.17) is 5.26 Å². The molecule has 0 bridgehead atoms. The number of nitrogens with zero attached hydrogens (tertiary/aromatic N) is 1. The largest absolute Gasteiger partial charge is 0.383 e. The Labute approximate surface area is 134 Å². The highest BCUT2D eigenvalue weighted by Gasteiger charge is 2.16. The van der Waals surface area contributed by atoms with Crippen LogP contribution < -0.4 is 16.0 Å². The summed E-state index contributed by atoms with van der Waals surface area (Å²) in [5, 5.41) is 15.9. The molecule has 7 nitrogen and oxygen atoms in total. The first kappa shape index (κ1) is 17.9. The molecule has 0 aliphatic carbocycles. The summed E-state index contributed by atoms with van der Waals surface area (Å²) in [5.41, 5.74) is 2.23. The Kier molecular flexibility index (Phi) is 6.49. The van der Waals surface area contributed by atoms with Gasteiger partial charge in [-0.3, -0.25) is 20.2 Å². The number of hydrogen-bond acceptors (Lipinski definition) is 5. The van der Waals surface area contributed by atoms with Crippen LogP contribution in [0.15, 0.2) is 35.5 Å². The summed E-state index contributed by atoms with van der Waals surface area (Å²) in [6.45, 7) is 5.12. The van der Waals surface area contributed by atoms with E-state index in [9.17, 15) is 14.4 Å². The zero-order chi connectivity index (χ0) is 17.4. The number of carbonyl (C=O) groups excluding carboxylic acids is 3. The quantitative estimate of drug-likeness (QED) is 0.572. The number of benzene rings is 1. The van der Waals surface area contributed by atoms with Crippen molar-refractivity contribution in [2.75, 3.05) is 0 Å². The normalized spacial score (nSPS) is 10.9. The summed E-state index contributed by atoms with van der Waals surface area (Å²) in [7, 11) is 0. The van der Waals surface area contributed by atoms with Gasteiger partial charge in [-0.25, -0.2) is 4.79 Å². The van der Waals surface area contributed by atoms with Gasteiger partial charge in [0.05, 0.1) is 0 Å². The number of urea groups is 1. The first-order chi connectivity index (χ1) is 10.8. The zero-order valence-electron chi connectivity index (χ0n) is 13.2. The van der Waals surface area contributed by atoms with E-state index in [0.717, 1.165) is 18.1 Å². The Hall–Kier alpha value is -3.14. The van der Waals surface area contributed by atoms with Gasteiger partial charge in [0.25, 0.3) is 5.91 Å². The average Bonchev–Trinajstić information content (AvgIpc) is 2.46. The van der Waals surface area contributed by atoms with Crippen molar-refractivity contribution < 1.29 is 14.4 Å². The molecule has 0 saturated carbocycles. The molecule has 0 radical (unpaired) electrons. The van der Waals surface area contributed by atoms with Crippen LogP contribution in [0, 0.1) is 18.3 Å². The van der Waals surface area contributed by atoms with Crippen LogP contribution in [0.3, 0.4) is 0 Å². The number of amides is 4. The van der Waals surface area contributed by atoms with Crippen LogP contribution in [0.25, 0.3) is 0 Å². The first-order valence-corrected chi connectivity index (χ1v) is 6.86. The third kappa shape index (κ3) is 6.01. The summed E-state index contributed by atoms with van der Waals surface area (Å²) >= 11 is 0. The molecule has 4 amide bonds. The Morgan fingerprint density at radius 3 is 2.22 bits per heavy atom. The Balaban J connectivity index is 2.72. The number of imide groups is 2. The molecule has 1 aromatic rings. The number of allylic oxidation sites excluding steroid dienone is 1. The van der Waals surface area contributed by atoms with Gasteiger partial charge < -0.3 is 5.32 Å². The molecule has 0 spiro atoms. The smallest absolute Gasteiger partial charge is 0.328 e. The van der Waals surface area contributed by atoms with Crippen LogP contribution in [-0.4, -0.2) is 17.8 Å². The van der Waals surface area contributed by atoms with Crippen LogP contribution >= 0.6 is 0 Å². The Morgan fingerprint density at radius 1 is 1.09 bits per heavy atom. The molecule has 0 aromatic heterocycles. The predicted octanol–water partition coefficient (Wildman–Crippen LogP) is 1.25. The molecule has 0 heterocycles. The van der Waals surface area contributed by atoms with Gasteiger partial charge in [0, 0.05) is 19.2 Å². The van der Waals surface area contributed by atoms with Crippen molar-refractivity contribution in [2.24, 2.45) is 0 Å². The molecule has 3 N–H and O–H groups in total. The molecule has 0 saturated heterocycles. The summed E-state index contributed by atoms with van der Waals surface area (Å²) < 4.78 is 0. The van der Waals surface area contributed by atoms with Gasteiger partial charge in [0.15, 0.2) is 0 Å². The molecule has 120 valence electrons. The topological polar surface area (TPSA) is 111 Å². The fourth-order valence-corrected chi connectivity index (χ4v) is 1.69. The fourth-order valence-electron chi connectivity index (χ4n) is 1.69. The molecule has 1 aromatic carbocycles. The molecule has 0 aliphatic rings. The lowest BCUT2D eigenvalue weighted by Crippen LogP contribution is -2.42. The van der Waals surface area contributed by atoms with E-state index >= 15 is 0 Å². The first-order valence-electron chi connectivity index (χ1n) is 6.86. The molecular weight excluding hydrogens is 296 g/mol. The molecule has 0 atom stereocenters. The maximum absolute atomic E-state index is 11.9. The second-order valence-electron chi connectivity index (χ2n) is 4.92. The van der Waals surface area contributed by atoms with E-state index in [2.05, 4.69) is 5.32 Å². The summed E-state index contributed by atoms with van der Waals surface area (Å²) in [5.74, 6) is -1.48. The van der Waals surface area contributed by atoms with Crippen LogP contribution in [0.5, 0.6) is 0 Å². The number of aryl methyl sites for hydroxylation is 1. The van der Waals surface area contributed by atoms with Crippen molar-refractivity contribution in [1.29, 1.82) is 5.26 Å².